The number of hydrogen-bond donors (Lipinski definition) is 2. The molecule has 0 aliphatic heterocycles. The van der Waals surface area contributed by atoms with Crippen LogP contribution in [-0.2, 0) is 6.42 Å². The third kappa shape index (κ3) is 2.56. The van der Waals surface area contributed by atoms with Crippen molar-refractivity contribution in [2.75, 3.05) is 5.32 Å². The van der Waals surface area contributed by atoms with Crippen molar-refractivity contribution in [1.29, 1.82) is 0 Å². The molecule has 2 unspecified atom stereocenters. The van der Waals surface area contributed by atoms with Crippen molar-refractivity contribution in [3.63, 3.8) is 0 Å². The summed E-state index contributed by atoms with van der Waals surface area (Å²) in [6.07, 6.45) is 6.03. The van der Waals surface area contributed by atoms with E-state index in [0.29, 0.717) is 12.1 Å². The highest BCUT2D eigenvalue weighted by atomic mass is 15.0. The zero-order chi connectivity index (χ0) is 11.4. The molecular weight excluding hydrogens is 196 g/mol. The van der Waals surface area contributed by atoms with Crippen molar-refractivity contribution < 1.29 is 0 Å². The average Bonchev–Trinajstić information content (AvgIpc) is 2.33. The van der Waals surface area contributed by atoms with Gasteiger partial charge in [-0.3, -0.25) is 0 Å². The van der Waals surface area contributed by atoms with Crippen LogP contribution in [0.4, 0.5) is 5.69 Å². The summed E-state index contributed by atoms with van der Waals surface area (Å²) in [6.45, 7) is 2.20. The van der Waals surface area contributed by atoms with Crippen molar-refractivity contribution in [2.45, 2.75) is 51.1 Å². The van der Waals surface area contributed by atoms with Gasteiger partial charge in [0.1, 0.15) is 0 Å². The monoisotopic (exact) mass is 218 g/mol. The molecule has 1 aliphatic carbocycles. The van der Waals surface area contributed by atoms with Crippen molar-refractivity contribution >= 4 is 5.69 Å². The predicted octanol–water partition coefficient (Wildman–Crippen LogP) is 2.93. The first-order valence-corrected chi connectivity index (χ1v) is 6.41. The SMILES string of the molecule is CCc1ccccc1NC1CCCCC1N. The van der Waals surface area contributed by atoms with Gasteiger partial charge in [0.15, 0.2) is 0 Å². The second-order valence-electron chi connectivity index (χ2n) is 4.71. The summed E-state index contributed by atoms with van der Waals surface area (Å²) in [5.74, 6) is 0. The summed E-state index contributed by atoms with van der Waals surface area (Å²) < 4.78 is 0. The van der Waals surface area contributed by atoms with Crippen LogP contribution in [0.5, 0.6) is 0 Å². The van der Waals surface area contributed by atoms with Gasteiger partial charge < -0.3 is 11.1 Å². The second kappa shape index (κ2) is 5.35. The molecule has 0 bridgehead atoms. The van der Waals surface area contributed by atoms with Gasteiger partial charge in [0.05, 0.1) is 0 Å². The Morgan fingerprint density at radius 2 is 2.00 bits per heavy atom. The Morgan fingerprint density at radius 3 is 2.75 bits per heavy atom. The van der Waals surface area contributed by atoms with Crippen LogP contribution in [0.25, 0.3) is 0 Å². The lowest BCUT2D eigenvalue weighted by atomic mass is 9.90. The number of nitrogens with one attached hydrogen (secondary N) is 1. The fraction of sp³-hybridized carbons (Fsp3) is 0.571. The van der Waals surface area contributed by atoms with Gasteiger partial charge in [-0.25, -0.2) is 0 Å². The van der Waals surface area contributed by atoms with Crippen LogP contribution >= 0.6 is 0 Å². The number of anilines is 1. The van der Waals surface area contributed by atoms with Crippen LogP contribution in [0.1, 0.15) is 38.2 Å². The molecule has 1 fully saturated rings. The van der Waals surface area contributed by atoms with E-state index in [0.717, 1.165) is 12.8 Å². The first-order chi connectivity index (χ1) is 7.81. The van der Waals surface area contributed by atoms with E-state index in [-0.39, 0.29) is 0 Å². The van der Waals surface area contributed by atoms with E-state index in [1.807, 2.05) is 0 Å². The zero-order valence-electron chi connectivity index (χ0n) is 10.1. The lowest BCUT2D eigenvalue weighted by molar-refractivity contribution is 0.404. The highest BCUT2D eigenvalue weighted by molar-refractivity contribution is 5.52. The maximum Gasteiger partial charge on any atom is 0.0412 e. The smallest absolute Gasteiger partial charge is 0.0412 e. The van der Waals surface area contributed by atoms with E-state index in [1.165, 1.54) is 30.5 Å². The highest BCUT2D eigenvalue weighted by Gasteiger charge is 2.21. The molecule has 1 aliphatic rings. The van der Waals surface area contributed by atoms with Gasteiger partial charge in [0.25, 0.3) is 0 Å². The minimum Gasteiger partial charge on any atom is -0.381 e. The average molecular weight is 218 g/mol. The van der Waals surface area contributed by atoms with Crippen molar-refractivity contribution in [1.82, 2.24) is 0 Å². The fourth-order valence-corrected chi connectivity index (χ4v) is 2.51. The van der Waals surface area contributed by atoms with E-state index in [4.69, 9.17) is 5.73 Å². The zero-order valence-corrected chi connectivity index (χ0v) is 10.1. The van der Waals surface area contributed by atoms with Crippen LogP contribution in [0.2, 0.25) is 0 Å². The molecule has 1 aromatic carbocycles. The van der Waals surface area contributed by atoms with E-state index >= 15 is 0 Å². The minimum absolute atomic E-state index is 0.318. The normalized spacial score (nSPS) is 25.4. The largest absolute Gasteiger partial charge is 0.381 e. The number of hydrogen-bond acceptors (Lipinski definition) is 2. The second-order valence-corrected chi connectivity index (χ2v) is 4.71. The molecule has 1 saturated carbocycles. The van der Waals surface area contributed by atoms with Gasteiger partial charge in [-0.1, -0.05) is 38.0 Å². The van der Waals surface area contributed by atoms with Gasteiger partial charge in [-0.2, -0.15) is 0 Å². The van der Waals surface area contributed by atoms with E-state index in [9.17, 15) is 0 Å². The summed E-state index contributed by atoms with van der Waals surface area (Å²) in [5.41, 5.74) is 8.82. The van der Waals surface area contributed by atoms with Crippen LogP contribution in [0.3, 0.4) is 0 Å². The highest BCUT2D eigenvalue weighted by Crippen LogP contribution is 2.23. The molecule has 1 aromatic rings. The molecule has 0 amide bonds. The van der Waals surface area contributed by atoms with Gasteiger partial charge in [0, 0.05) is 17.8 Å². The lowest BCUT2D eigenvalue weighted by Gasteiger charge is -2.30. The third-order valence-electron chi connectivity index (χ3n) is 3.56. The van der Waals surface area contributed by atoms with Crippen molar-refractivity contribution in [2.24, 2.45) is 5.73 Å². The van der Waals surface area contributed by atoms with Crippen molar-refractivity contribution in [3.05, 3.63) is 29.8 Å². The van der Waals surface area contributed by atoms with Gasteiger partial charge in [0.2, 0.25) is 0 Å². The molecule has 3 N–H and O–H groups in total. The molecule has 0 radical (unpaired) electrons. The number of rotatable bonds is 3. The Morgan fingerprint density at radius 1 is 1.25 bits per heavy atom. The molecule has 16 heavy (non-hydrogen) atoms. The summed E-state index contributed by atoms with van der Waals surface area (Å²) in [6, 6.07) is 9.33. The Kier molecular flexibility index (Phi) is 3.83. The Labute approximate surface area is 98.2 Å². The molecule has 2 nitrogen and oxygen atoms in total. The molecule has 2 atom stereocenters. The summed E-state index contributed by atoms with van der Waals surface area (Å²) in [7, 11) is 0. The Bertz CT molecular complexity index is 335. The van der Waals surface area contributed by atoms with Crippen LogP contribution in [0, 0.1) is 0 Å². The summed E-state index contributed by atoms with van der Waals surface area (Å²) in [4.78, 5) is 0. The molecule has 0 heterocycles. The molecule has 0 spiro atoms. The number of nitrogens with two attached hydrogens (primary N) is 1. The van der Waals surface area contributed by atoms with Gasteiger partial charge >= 0.3 is 0 Å². The van der Waals surface area contributed by atoms with Crippen LogP contribution in [-0.4, -0.2) is 12.1 Å². The maximum atomic E-state index is 6.16. The molecule has 0 aromatic heterocycles. The summed E-state index contributed by atoms with van der Waals surface area (Å²) >= 11 is 0. The van der Waals surface area contributed by atoms with Crippen molar-refractivity contribution in [3.8, 4) is 0 Å². The van der Waals surface area contributed by atoms with Crippen LogP contribution < -0.4 is 11.1 Å². The standard InChI is InChI=1S/C14H22N2/c1-2-11-7-3-5-9-13(11)16-14-10-6-4-8-12(14)15/h3,5,7,9,12,14,16H,2,4,6,8,10,15H2,1H3. The Balaban J connectivity index is 2.07. The van der Waals surface area contributed by atoms with Gasteiger partial charge in [-0.15, -0.1) is 0 Å². The minimum atomic E-state index is 0.318. The first-order valence-electron chi connectivity index (χ1n) is 6.41. The maximum absolute atomic E-state index is 6.16. The lowest BCUT2D eigenvalue weighted by Crippen LogP contribution is -2.42. The molecule has 2 rings (SSSR count). The number of para-hydroxylation sites is 1. The third-order valence-corrected chi connectivity index (χ3v) is 3.56. The topological polar surface area (TPSA) is 38.0 Å². The Hall–Kier alpha value is -1.02. The predicted molar refractivity (Wildman–Crippen MR) is 69.7 cm³/mol. The van der Waals surface area contributed by atoms with Gasteiger partial charge in [-0.05, 0) is 30.9 Å². The van der Waals surface area contributed by atoms with E-state index < -0.39 is 0 Å². The molecular formula is C14H22N2. The molecule has 0 saturated heterocycles. The van der Waals surface area contributed by atoms with E-state index in [1.54, 1.807) is 0 Å². The number of aryl methyl sites for hydroxylation is 1. The first kappa shape index (κ1) is 11.5. The van der Waals surface area contributed by atoms with E-state index in [2.05, 4.69) is 36.5 Å². The molecule has 88 valence electrons. The fourth-order valence-electron chi connectivity index (χ4n) is 2.51. The number of benzene rings is 1. The van der Waals surface area contributed by atoms with Crippen LogP contribution in [0.15, 0.2) is 24.3 Å². The molecule has 2 heteroatoms. The summed E-state index contributed by atoms with van der Waals surface area (Å²) in [5, 5.41) is 3.63. The quantitative estimate of drug-likeness (QED) is 0.818.